The average molecular weight is 498 g/mol. The molecule has 6 nitrogen and oxygen atoms in total. The normalized spacial score (nSPS) is 23.9. The van der Waals surface area contributed by atoms with E-state index in [2.05, 4.69) is 10.2 Å². The van der Waals surface area contributed by atoms with Crippen molar-refractivity contribution in [1.82, 2.24) is 15.1 Å². The van der Waals surface area contributed by atoms with E-state index in [0.717, 1.165) is 43.6 Å². The maximum absolute atomic E-state index is 13.4. The van der Waals surface area contributed by atoms with E-state index in [4.69, 9.17) is 0 Å². The molecule has 35 heavy (non-hydrogen) atoms. The predicted molar refractivity (Wildman–Crippen MR) is 128 cm³/mol. The van der Waals surface area contributed by atoms with Gasteiger partial charge in [0, 0.05) is 31.7 Å². The zero-order chi connectivity index (χ0) is 26.1. The van der Waals surface area contributed by atoms with Crippen molar-refractivity contribution in [1.29, 1.82) is 0 Å². The van der Waals surface area contributed by atoms with Crippen LogP contribution in [0.3, 0.4) is 0 Å². The fourth-order valence-electron chi connectivity index (χ4n) is 5.61. The number of rotatable bonds is 7. The van der Waals surface area contributed by atoms with E-state index in [-0.39, 0.29) is 29.3 Å². The molecule has 4 atom stereocenters. The van der Waals surface area contributed by atoms with Gasteiger partial charge in [-0.05, 0) is 68.1 Å². The Balaban J connectivity index is 1.65. The number of nitrogens with zero attached hydrogens (tertiary/aromatic N) is 2. The number of nitrogens with one attached hydrogen (secondary N) is 1. The third-order valence-electron chi connectivity index (χ3n) is 7.17. The van der Waals surface area contributed by atoms with E-state index in [9.17, 15) is 27.9 Å². The number of carboxylic acid groups (broad SMARTS) is 1. The Morgan fingerprint density at radius 2 is 1.74 bits per heavy atom. The molecule has 3 rings (SSSR count). The summed E-state index contributed by atoms with van der Waals surface area (Å²) in [5, 5.41) is 13.0. The van der Waals surface area contributed by atoms with Crippen molar-refractivity contribution >= 4 is 12.0 Å². The molecule has 196 valence electrons. The highest BCUT2D eigenvalue weighted by atomic mass is 19.4. The second-order valence-corrected chi connectivity index (χ2v) is 11.6. The van der Waals surface area contributed by atoms with Crippen LogP contribution >= 0.6 is 0 Å². The first kappa shape index (κ1) is 27.3. The smallest absolute Gasteiger partial charge is 0.416 e. The van der Waals surface area contributed by atoms with Crippen molar-refractivity contribution in [3.05, 3.63) is 35.4 Å². The Labute approximate surface area is 205 Å². The van der Waals surface area contributed by atoms with Crippen LogP contribution in [0.5, 0.6) is 0 Å². The Morgan fingerprint density at radius 3 is 2.26 bits per heavy atom. The highest BCUT2D eigenvalue weighted by molar-refractivity contribution is 5.85. The first-order chi connectivity index (χ1) is 16.2. The molecule has 2 N–H and O–H groups in total. The molecule has 1 aliphatic carbocycles. The lowest BCUT2D eigenvalue weighted by atomic mass is 9.86. The Morgan fingerprint density at radius 1 is 1.11 bits per heavy atom. The number of alkyl halides is 3. The minimum atomic E-state index is -4.34. The minimum absolute atomic E-state index is 0.0321. The van der Waals surface area contributed by atoms with E-state index in [1.807, 2.05) is 20.8 Å². The third kappa shape index (κ3) is 6.90. The Bertz CT molecular complexity index is 896. The van der Waals surface area contributed by atoms with Crippen LogP contribution in [0, 0.1) is 17.3 Å². The second kappa shape index (κ2) is 10.4. The number of hydrogen-bond donors (Lipinski definition) is 2. The summed E-state index contributed by atoms with van der Waals surface area (Å²) in [5.74, 6) is 0.417. The molecule has 1 saturated carbocycles. The lowest BCUT2D eigenvalue weighted by Gasteiger charge is -2.36. The zero-order valence-corrected chi connectivity index (χ0v) is 21.2. The second-order valence-electron chi connectivity index (χ2n) is 11.6. The molecule has 1 aliphatic heterocycles. The number of hydrogen-bond acceptors (Lipinski definition) is 3. The Kier molecular flexibility index (Phi) is 8.09. The van der Waals surface area contributed by atoms with Crippen molar-refractivity contribution in [3.8, 4) is 0 Å². The molecule has 2 aliphatic rings. The van der Waals surface area contributed by atoms with Gasteiger partial charge in [0.1, 0.15) is 6.04 Å². The van der Waals surface area contributed by atoms with E-state index >= 15 is 0 Å². The summed E-state index contributed by atoms with van der Waals surface area (Å²) in [6.45, 7) is 11.7. The molecule has 2 fully saturated rings. The minimum Gasteiger partial charge on any atom is -0.465 e. The summed E-state index contributed by atoms with van der Waals surface area (Å²) in [7, 11) is 0. The van der Waals surface area contributed by atoms with Gasteiger partial charge in [-0.15, -0.1) is 0 Å². The largest absolute Gasteiger partial charge is 0.465 e. The molecule has 2 amide bonds. The average Bonchev–Trinajstić information content (AvgIpc) is 3.26. The molecule has 1 heterocycles. The van der Waals surface area contributed by atoms with Gasteiger partial charge >= 0.3 is 12.3 Å². The van der Waals surface area contributed by atoms with Crippen LogP contribution in [0.2, 0.25) is 0 Å². The summed E-state index contributed by atoms with van der Waals surface area (Å²) >= 11 is 0. The molecule has 0 spiro atoms. The summed E-state index contributed by atoms with van der Waals surface area (Å²) in [5.41, 5.74) is -0.0454. The number of benzene rings is 1. The fraction of sp³-hybridized carbons (Fsp3) is 0.692. The highest BCUT2D eigenvalue weighted by Gasteiger charge is 2.44. The van der Waals surface area contributed by atoms with Crippen molar-refractivity contribution in [2.45, 2.75) is 84.7 Å². The van der Waals surface area contributed by atoms with Crippen LogP contribution < -0.4 is 5.32 Å². The van der Waals surface area contributed by atoms with Gasteiger partial charge in [0.15, 0.2) is 0 Å². The van der Waals surface area contributed by atoms with E-state index in [1.54, 1.807) is 13.8 Å². The molecule has 0 aromatic heterocycles. The molecular weight excluding hydrogens is 459 g/mol. The van der Waals surface area contributed by atoms with E-state index in [1.165, 1.54) is 17.0 Å². The Hall–Kier alpha value is -2.29. The number of amides is 2. The van der Waals surface area contributed by atoms with Gasteiger partial charge in [0.05, 0.1) is 5.56 Å². The molecule has 1 saturated heterocycles. The lowest BCUT2D eigenvalue weighted by molar-refractivity contribution is -0.137. The van der Waals surface area contributed by atoms with Crippen molar-refractivity contribution in [3.63, 3.8) is 0 Å². The topological polar surface area (TPSA) is 72.9 Å². The quantitative estimate of drug-likeness (QED) is 0.542. The summed E-state index contributed by atoms with van der Waals surface area (Å²) in [6, 6.07) is 4.17. The van der Waals surface area contributed by atoms with Crippen molar-refractivity contribution in [2.24, 2.45) is 17.3 Å². The van der Waals surface area contributed by atoms with Gasteiger partial charge in [-0.1, -0.05) is 32.9 Å². The van der Waals surface area contributed by atoms with Gasteiger partial charge in [0.2, 0.25) is 5.91 Å². The first-order valence-electron chi connectivity index (χ1n) is 12.4. The van der Waals surface area contributed by atoms with Crippen LogP contribution in [-0.4, -0.2) is 58.1 Å². The van der Waals surface area contributed by atoms with Gasteiger partial charge in [-0.3, -0.25) is 14.6 Å². The zero-order valence-electron chi connectivity index (χ0n) is 21.2. The van der Waals surface area contributed by atoms with Crippen LogP contribution in [0.15, 0.2) is 24.3 Å². The summed E-state index contributed by atoms with van der Waals surface area (Å²) in [6.07, 6.45) is -3.20. The van der Waals surface area contributed by atoms with Gasteiger partial charge < -0.3 is 10.4 Å². The SMILES string of the molecule is CC(C)N(C(=O)O)[C@@H](CC(C)(C)C)C(=O)N[C@H]1CC[C@@H]2CN(Cc3ccc(C(F)(F)F)cc3)C[C@@H]21. The van der Waals surface area contributed by atoms with E-state index in [0.29, 0.717) is 18.9 Å². The number of likely N-dealkylation sites (tertiary alicyclic amines) is 1. The van der Waals surface area contributed by atoms with E-state index < -0.39 is 23.9 Å². The monoisotopic (exact) mass is 497 g/mol. The fourth-order valence-corrected chi connectivity index (χ4v) is 5.61. The number of carbonyl (C=O) groups excluding carboxylic acids is 1. The van der Waals surface area contributed by atoms with Crippen LogP contribution in [-0.2, 0) is 17.5 Å². The molecule has 1 aromatic rings. The maximum atomic E-state index is 13.4. The summed E-state index contributed by atoms with van der Waals surface area (Å²) in [4.78, 5) is 28.8. The highest BCUT2D eigenvalue weighted by Crippen LogP contribution is 2.39. The lowest BCUT2D eigenvalue weighted by Crippen LogP contribution is -2.55. The van der Waals surface area contributed by atoms with Crippen LogP contribution in [0.1, 0.15) is 65.0 Å². The molecule has 9 heteroatoms. The van der Waals surface area contributed by atoms with Gasteiger partial charge in [-0.2, -0.15) is 13.2 Å². The molecule has 0 radical (unpaired) electrons. The maximum Gasteiger partial charge on any atom is 0.416 e. The summed E-state index contributed by atoms with van der Waals surface area (Å²) < 4.78 is 38.5. The van der Waals surface area contributed by atoms with Gasteiger partial charge in [-0.25, -0.2) is 4.79 Å². The first-order valence-corrected chi connectivity index (χ1v) is 12.4. The van der Waals surface area contributed by atoms with Gasteiger partial charge in [0.25, 0.3) is 0 Å². The molecule has 1 aromatic carbocycles. The van der Waals surface area contributed by atoms with Crippen molar-refractivity contribution < 1.29 is 27.9 Å². The number of fused-ring (bicyclic) bond motifs is 1. The predicted octanol–water partition coefficient (Wildman–Crippen LogP) is 5.23. The molecular formula is C26H38F3N3O3. The van der Waals surface area contributed by atoms with Crippen molar-refractivity contribution in [2.75, 3.05) is 13.1 Å². The molecule has 0 unspecified atom stereocenters. The third-order valence-corrected chi connectivity index (χ3v) is 7.17. The standard InChI is InChI=1S/C26H38F3N3O3/c1-16(2)32(24(34)35)22(12-25(3,4)5)23(33)30-21-11-8-18-14-31(15-20(18)21)13-17-6-9-19(10-7-17)26(27,28)29/h6-7,9-10,16,18,20-22H,8,11-15H2,1-5H3,(H,30,33)(H,34,35)/t18-,20+,21+,22+/m1/s1. The molecule has 0 bridgehead atoms. The van der Waals surface area contributed by atoms with Crippen LogP contribution in [0.4, 0.5) is 18.0 Å². The number of carbonyl (C=O) groups is 2. The van der Waals surface area contributed by atoms with Crippen LogP contribution in [0.25, 0.3) is 0 Å². The number of halogens is 3.